The van der Waals surface area contributed by atoms with Crippen molar-refractivity contribution in [3.05, 3.63) is 89.5 Å². The average Bonchev–Trinajstić information content (AvgIpc) is 3.58. The standard InChI is InChI=1S/C27H24N4O4S/c1-2-17-8-10-19(11-9-17)24(32)28-21(14-18-6-4-3-5-7-18)25(33)29-27-31-30-26(36-27)20-12-13-22-23(15-20)35-16-34-22/h3-13,15,21H,2,14,16H2,1H3,(H,28,32)(H,29,31,33)/t21-/m0/s1. The number of anilines is 1. The molecule has 1 atom stereocenters. The molecule has 2 N–H and O–H groups in total. The summed E-state index contributed by atoms with van der Waals surface area (Å²) < 4.78 is 10.8. The summed E-state index contributed by atoms with van der Waals surface area (Å²) in [5.74, 6) is 0.643. The zero-order chi connectivity index (χ0) is 24.9. The lowest BCUT2D eigenvalue weighted by Crippen LogP contribution is -2.45. The van der Waals surface area contributed by atoms with Gasteiger partial charge in [-0.25, -0.2) is 0 Å². The van der Waals surface area contributed by atoms with Crippen molar-refractivity contribution in [1.29, 1.82) is 0 Å². The Balaban J connectivity index is 1.32. The van der Waals surface area contributed by atoms with Crippen LogP contribution in [0.2, 0.25) is 0 Å². The third-order valence-corrected chi connectivity index (χ3v) is 6.69. The van der Waals surface area contributed by atoms with Gasteiger partial charge in [-0.15, -0.1) is 10.2 Å². The second-order valence-corrected chi connectivity index (χ2v) is 9.21. The fraction of sp³-hybridized carbons (Fsp3) is 0.185. The first-order valence-corrected chi connectivity index (χ1v) is 12.4. The third-order valence-electron chi connectivity index (χ3n) is 5.80. The number of carbonyl (C=O) groups is 2. The van der Waals surface area contributed by atoms with Crippen LogP contribution in [-0.2, 0) is 17.6 Å². The predicted octanol–water partition coefficient (Wildman–Crippen LogP) is 4.48. The molecule has 0 spiro atoms. The molecule has 1 aliphatic heterocycles. The molecule has 1 aromatic heterocycles. The van der Waals surface area contributed by atoms with Crippen molar-refractivity contribution in [2.45, 2.75) is 25.8 Å². The summed E-state index contributed by atoms with van der Waals surface area (Å²) in [6, 6.07) is 21.6. The second-order valence-electron chi connectivity index (χ2n) is 8.24. The molecule has 0 fully saturated rings. The summed E-state index contributed by atoms with van der Waals surface area (Å²) >= 11 is 1.24. The van der Waals surface area contributed by atoms with Gasteiger partial charge in [0.2, 0.25) is 17.8 Å². The Morgan fingerprint density at radius 1 is 0.944 bits per heavy atom. The molecule has 2 amide bonds. The molecule has 1 aliphatic rings. The Kier molecular flexibility index (Phi) is 6.90. The number of hydrogen-bond acceptors (Lipinski definition) is 7. The maximum atomic E-state index is 13.3. The minimum absolute atomic E-state index is 0.188. The van der Waals surface area contributed by atoms with Gasteiger partial charge in [0.25, 0.3) is 5.91 Å². The largest absolute Gasteiger partial charge is 0.454 e. The Bertz CT molecular complexity index is 1370. The molecule has 0 radical (unpaired) electrons. The van der Waals surface area contributed by atoms with Gasteiger partial charge < -0.3 is 14.8 Å². The number of aromatic nitrogens is 2. The number of nitrogens with one attached hydrogen (secondary N) is 2. The molecule has 0 aliphatic carbocycles. The zero-order valence-corrected chi connectivity index (χ0v) is 20.4. The van der Waals surface area contributed by atoms with Crippen LogP contribution >= 0.6 is 11.3 Å². The number of ether oxygens (including phenoxy) is 2. The van der Waals surface area contributed by atoms with E-state index in [2.05, 4.69) is 27.8 Å². The minimum Gasteiger partial charge on any atom is -0.454 e. The molecule has 0 saturated heterocycles. The van der Waals surface area contributed by atoms with Crippen molar-refractivity contribution < 1.29 is 19.1 Å². The van der Waals surface area contributed by atoms with Crippen LogP contribution < -0.4 is 20.1 Å². The maximum absolute atomic E-state index is 13.3. The van der Waals surface area contributed by atoms with Crippen LogP contribution in [0.25, 0.3) is 10.6 Å². The van der Waals surface area contributed by atoms with E-state index in [1.165, 1.54) is 11.3 Å². The van der Waals surface area contributed by atoms with Crippen molar-refractivity contribution in [1.82, 2.24) is 15.5 Å². The highest BCUT2D eigenvalue weighted by molar-refractivity contribution is 7.18. The van der Waals surface area contributed by atoms with E-state index in [9.17, 15) is 9.59 Å². The van der Waals surface area contributed by atoms with Gasteiger partial charge in [0.05, 0.1) is 0 Å². The van der Waals surface area contributed by atoms with E-state index in [-0.39, 0.29) is 18.6 Å². The quantitative estimate of drug-likeness (QED) is 0.370. The molecule has 0 bridgehead atoms. The Morgan fingerprint density at radius 2 is 1.72 bits per heavy atom. The average molecular weight is 501 g/mol. The normalized spacial score (nSPS) is 12.7. The van der Waals surface area contributed by atoms with E-state index >= 15 is 0 Å². The van der Waals surface area contributed by atoms with Crippen LogP contribution in [0.1, 0.15) is 28.4 Å². The minimum atomic E-state index is -0.802. The Labute approximate surface area is 212 Å². The molecule has 3 aromatic carbocycles. The molecular weight excluding hydrogens is 476 g/mol. The van der Waals surface area contributed by atoms with E-state index in [1.807, 2.05) is 60.7 Å². The maximum Gasteiger partial charge on any atom is 0.251 e. The van der Waals surface area contributed by atoms with Crippen LogP contribution in [0, 0.1) is 0 Å². The fourth-order valence-electron chi connectivity index (χ4n) is 3.80. The van der Waals surface area contributed by atoms with Crippen LogP contribution in [0.3, 0.4) is 0 Å². The number of aryl methyl sites for hydroxylation is 1. The summed E-state index contributed by atoms with van der Waals surface area (Å²) in [5.41, 5.74) is 3.37. The van der Waals surface area contributed by atoms with Gasteiger partial charge in [0.15, 0.2) is 11.5 Å². The summed E-state index contributed by atoms with van der Waals surface area (Å²) in [4.78, 5) is 26.2. The lowest BCUT2D eigenvalue weighted by Gasteiger charge is -2.18. The first-order chi connectivity index (χ1) is 17.6. The van der Waals surface area contributed by atoms with Gasteiger partial charge in [0.1, 0.15) is 11.0 Å². The van der Waals surface area contributed by atoms with E-state index in [0.29, 0.717) is 33.6 Å². The number of fused-ring (bicyclic) bond motifs is 1. The molecule has 9 heteroatoms. The molecule has 182 valence electrons. The molecule has 5 rings (SSSR count). The molecule has 0 saturated carbocycles. The van der Waals surface area contributed by atoms with Crippen LogP contribution in [-0.4, -0.2) is 34.8 Å². The number of nitrogens with zero attached hydrogens (tertiary/aromatic N) is 2. The van der Waals surface area contributed by atoms with Crippen LogP contribution in [0.5, 0.6) is 11.5 Å². The smallest absolute Gasteiger partial charge is 0.251 e. The van der Waals surface area contributed by atoms with E-state index in [1.54, 1.807) is 12.1 Å². The highest BCUT2D eigenvalue weighted by atomic mass is 32.1. The van der Waals surface area contributed by atoms with Crippen LogP contribution in [0.4, 0.5) is 5.13 Å². The van der Waals surface area contributed by atoms with Crippen molar-refractivity contribution >= 4 is 28.3 Å². The van der Waals surface area contributed by atoms with Gasteiger partial charge >= 0.3 is 0 Å². The Morgan fingerprint density at radius 3 is 2.50 bits per heavy atom. The number of carbonyl (C=O) groups excluding carboxylic acids is 2. The third kappa shape index (κ3) is 5.36. The van der Waals surface area contributed by atoms with Crippen molar-refractivity contribution in [3.8, 4) is 22.1 Å². The van der Waals surface area contributed by atoms with E-state index in [0.717, 1.165) is 23.1 Å². The lowest BCUT2D eigenvalue weighted by molar-refractivity contribution is -0.118. The first kappa shape index (κ1) is 23.5. The molecule has 0 unspecified atom stereocenters. The van der Waals surface area contributed by atoms with Crippen LogP contribution in [0.15, 0.2) is 72.8 Å². The molecule has 8 nitrogen and oxygen atoms in total. The van der Waals surface area contributed by atoms with Gasteiger partial charge in [-0.2, -0.15) is 0 Å². The summed E-state index contributed by atoms with van der Waals surface area (Å²) in [7, 11) is 0. The van der Waals surface area contributed by atoms with E-state index < -0.39 is 6.04 Å². The summed E-state index contributed by atoms with van der Waals surface area (Å²) in [6.07, 6.45) is 1.22. The topological polar surface area (TPSA) is 102 Å². The number of amides is 2. The molecular formula is C27H24N4O4S. The zero-order valence-electron chi connectivity index (χ0n) is 19.6. The van der Waals surface area contributed by atoms with Crippen molar-refractivity contribution in [2.75, 3.05) is 12.1 Å². The second kappa shape index (κ2) is 10.6. The molecule has 2 heterocycles. The van der Waals surface area contributed by atoms with Gasteiger partial charge in [-0.3, -0.25) is 14.9 Å². The van der Waals surface area contributed by atoms with Gasteiger partial charge in [0, 0.05) is 17.5 Å². The number of rotatable bonds is 8. The number of benzene rings is 3. The van der Waals surface area contributed by atoms with Crippen molar-refractivity contribution in [2.24, 2.45) is 0 Å². The van der Waals surface area contributed by atoms with Gasteiger partial charge in [-0.1, -0.05) is 60.7 Å². The lowest BCUT2D eigenvalue weighted by atomic mass is 10.0. The van der Waals surface area contributed by atoms with E-state index in [4.69, 9.17) is 9.47 Å². The highest BCUT2D eigenvalue weighted by Crippen LogP contribution is 2.37. The van der Waals surface area contributed by atoms with Crippen molar-refractivity contribution in [3.63, 3.8) is 0 Å². The summed E-state index contributed by atoms with van der Waals surface area (Å²) in [5, 5.41) is 15.0. The number of hydrogen-bond donors (Lipinski definition) is 2. The SMILES string of the molecule is CCc1ccc(C(=O)N[C@@H](Cc2ccccc2)C(=O)Nc2nnc(-c3ccc4c(c3)OCO4)s2)cc1. The predicted molar refractivity (Wildman–Crippen MR) is 137 cm³/mol. The first-order valence-electron chi connectivity index (χ1n) is 11.6. The summed E-state index contributed by atoms with van der Waals surface area (Å²) in [6.45, 7) is 2.24. The Hall–Kier alpha value is -4.24. The van der Waals surface area contributed by atoms with Gasteiger partial charge in [-0.05, 0) is 47.9 Å². The highest BCUT2D eigenvalue weighted by Gasteiger charge is 2.24. The molecule has 36 heavy (non-hydrogen) atoms. The fourth-order valence-corrected chi connectivity index (χ4v) is 4.55. The monoisotopic (exact) mass is 500 g/mol. The molecule has 4 aromatic rings.